The average Bonchev–Trinajstić information content (AvgIpc) is 2.55. The van der Waals surface area contributed by atoms with E-state index < -0.39 is 5.97 Å². The quantitative estimate of drug-likeness (QED) is 0.642. The Balaban J connectivity index is 1.87. The molecule has 4 nitrogen and oxygen atoms in total. The Labute approximate surface area is 146 Å². The molecule has 126 valence electrons. The molecule has 6 heteroatoms. The minimum atomic E-state index is -0.572. The number of carbonyl (C=O) groups is 2. The summed E-state index contributed by atoms with van der Waals surface area (Å²) >= 11 is 7.54. The third-order valence-corrected chi connectivity index (χ3v) is 5.24. The number of carbonyl (C=O) groups excluding carboxylic acids is 2. The minimum absolute atomic E-state index is 0.179. The van der Waals surface area contributed by atoms with E-state index in [1.807, 2.05) is 12.3 Å². The second-order valence-corrected chi connectivity index (χ2v) is 7.14. The van der Waals surface area contributed by atoms with Crippen LogP contribution in [0.4, 0.5) is 0 Å². The molecule has 0 spiro atoms. The molecule has 1 N–H and O–H groups in total. The lowest BCUT2D eigenvalue weighted by Crippen LogP contribution is -2.42. The summed E-state index contributed by atoms with van der Waals surface area (Å²) in [5, 5.41) is 3.29. The smallest absolute Gasteiger partial charge is 0.340 e. The van der Waals surface area contributed by atoms with Crippen LogP contribution < -0.4 is 5.32 Å². The number of amides is 1. The second kappa shape index (κ2) is 8.60. The van der Waals surface area contributed by atoms with Crippen molar-refractivity contribution in [2.75, 3.05) is 12.9 Å². The van der Waals surface area contributed by atoms with Crippen molar-refractivity contribution < 1.29 is 14.3 Å². The van der Waals surface area contributed by atoms with E-state index >= 15 is 0 Å². The van der Waals surface area contributed by atoms with Gasteiger partial charge in [0.1, 0.15) is 0 Å². The highest BCUT2D eigenvalue weighted by atomic mass is 35.5. The van der Waals surface area contributed by atoms with E-state index in [0.29, 0.717) is 10.9 Å². The zero-order chi connectivity index (χ0) is 16.8. The summed E-state index contributed by atoms with van der Waals surface area (Å²) < 4.78 is 5.10. The molecule has 1 saturated carbocycles. The van der Waals surface area contributed by atoms with Gasteiger partial charge in [-0.3, -0.25) is 4.79 Å². The summed E-state index contributed by atoms with van der Waals surface area (Å²) in [6, 6.07) is 5.35. The lowest BCUT2D eigenvalue weighted by Gasteiger charge is -2.29. The molecule has 0 heterocycles. The van der Waals surface area contributed by atoms with Crippen molar-refractivity contribution >= 4 is 35.2 Å². The topological polar surface area (TPSA) is 55.4 Å². The zero-order valence-corrected chi connectivity index (χ0v) is 15.0. The monoisotopic (exact) mass is 355 g/mol. The maximum Gasteiger partial charge on any atom is 0.340 e. The fourth-order valence-electron chi connectivity index (χ4n) is 2.78. The van der Waals surface area contributed by atoms with Crippen molar-refractivity contribution in [3.05, 3.63) is 28.8 Å². The standard InChI is InChI=1S/C17H22ClNO3S/c1-11-5-3-4-6-15(11)19-16(20)10-22-17(21)13-9-12(23-2)7-8-14(13)18/h7-9,11,15H,3-6,10H2,1-2H3,(H,19,20)/t11-,15-/m1/s1. The molecule has 2 rings (SSSR count). The molecule has 1 amide bonds. The van der Waals surface area contributed by atoms with Gasteiger partial charge < -0.3 is 10.1 Å². The Morgan fingerprint density at radius 1 is 1.35 bits per heavy atom. The van der Waals surface area contributed by atoms with Gasteiger partial charge in [-0.25, -0.2) is 4.79 Å². The van der Waals surface area contributed by atoms with Crippen molar-refractivity contribution in [2.45, 2.75) is 43.5 Å². The highest BCUT2D eigenvalue weighted by molar-refractivity contribution is 7.98. The van der Waals surface area contributed by atoms with Gasteiger partial charge in [-0.2, -0.15) is 0 Å². The lowest BCUT2D eigenvalue weighted by molar-refractivity contribution is -0.125. The number of benzene rings is 1. The molecular formula is C17H22ClNO3S. The van der Waals surface area contributed by atoms with E-state index in [0.717, 1.165) is 24.2 Å². The fourth-order valence-corrected chi connectivity index (χ4v) is 3.41. The maximum atomic E-state index is 12.1. The Morgan fingerprint density at radius 3 is 2.78 bits per heavy atom. The van der Waals surface area contributed by atoms with Crippen LogP contribution in [-0.2, 0) is 9.53 Å². The van der Waals surface area contributed by atoms with E-state index in [1.54, 1.807) is 12.1 Å². The number of esters is 1. The molecule has 1 aromatic rings. The average molecular weight is 356 g/mol. The number of ether oxygens (including phenoxy) is 1. The first kappa shape index (κ1) is 18.1. The van der Waals surface area contributed by atoms with E-state index in [-0.39, 0.29) is 24.1 Å². The van der Waals surface area contributed by atoms with Crippen LogP contribution in [0.15, 0.2) is 23.1 Å². The van der Waals surface area contributed by atoms with Gasteiger partial charge in [-0.05, 0) is 43.2 Å². The number of nitrogens with one attached hydrogen (secondary N) is 1. The van der Waals surface area contributed by atoms with Gasteiger partial charge in [0, 0.05) is 10.9 Å². The summed E-state index contributed by atoms with van der Waals surface area (Å²) in [6.45, 7) is 1.87. The summed E-state index contributed by atoms with van der Waals surface area (Å²) in [7, 11) is 0. The molecule has 0 aliphatic heterocycles. The molecule has 1 fully saturated rings. The van der Waals surface area contributed by atoms with E-state index in [1.165, 1.54) is 18.2 Å². The molecular weight excluding hydrogens is 334 g/mol. The highest BCUT2D eigenvalue weighted by Gasteiger charge is 2.23. The van der Waals surface area contributed by atoms with Gasteiger partial charge in [0.05, 0.1) is 10.6 Å². The van der Waals surface area contributed by atoms with Gasteiger partial charge in [0.2, 0.25) is 0 Å². The van der Waals surface area contributed by atoms with Crippen LogP contribution in [0.1, 0.15) is 43.0 Å². The van der Waals surface area contributed by atoms with Crippen LogP contribution in [0.25, 0.3) is 0 Å². The first-order valence-electron chi connectivity index (χ1n) is 7.81. The third-order valence-electron chi connectivity index (χ3n) is 4.19. The molecule has 1 aromatic carbocycles. The summed E-state index contributed by atoms with van der Waals surface area (Å²) in [4.78, 5) is 25.0. The van der Waals surface area contributed by atoms with Gasteiger partial charge in [0.25, 0.3) is 5.91 Å². The lowest BCUT2D eigenvalue weighted by atomic mass is 9.86. The van der Waals surface area contributed by atoms with Crippen molar-refractivity contribution in [1.29, 1.82) is 0 Å². The second-order valence-electron chi connectivity index (χ2n) is 5.86. The number of hydrogen-bond donors (Lipinski definition) is 1. The molecule has 0 saturated heterocycles. The number of rotatable bonds is 5. The summed E-state index contributed by atoms with van der Waals surface area (Å²) in [5.74, 6) is -0.358. The van der Waals surface area contributed by atoms with Gasteiger partial charge >= 0.3 is 5.97 Å². The first-order valence-corrected chi connectivity index (χ1v) is 9.41. The number of thioether (sulfide) groups is 1. The van der Waals surface area contributed by atoms with Crippen LogP contribution >= 0.6 is 23.4 Å². The van der Waals surface area contributed by atoms with Crippen molar-refractivity contribution in [3.63, 3.8) is 0 Å². The van der Waals surface area contributed by atoms with E-state index in [2.05, 4.69) is 12.2 Å². The summed E-state index contributed by atoms with van der Waals surface area (Å²) in [5.41, 5.74) is 0.289. The predicted octanol–water partition coefficient (Wildman–Crippen LogP) is 3.91. The number of halogens is 1. The Bertz CT molecular complexity index is 579. The van der Waals surface area contributed by atoms with Crippen LogP contribution in [0.2, 0.25) is 5.02 Å². The van der Waals surface area contributed by atoms with Crippen molar-refractivity contribution in [2.24, 2.45) is 5.92 Å². The van der Waals surface area contributed by atoms with Crippen LogP contribution in [0, 0.1) is 5.92 Å². The van der Waals surface area contributed by atoms with Crippen LogP contribution in [-0.4, -0.2) is 30.8 Å². The van der Waals surface area contributed by atoms with Gasteiger partial charge in [0.15, 0.2) is 6.61 Å². The Kier molecular flexibility index (Phi) is 6.78. The van der Waals surface area contributed by atoms with Crippen molar-refractivity contribution in [1.82, 2.24) is 5.32 Å². The Morgan fingerprint density at radius 2 is 2.09 bits per heavy atom. The van der Waals surface area contributed by atoms with E-state index in [9.17, 15) is 9.59 Å². The normalized spacial score (nSPS) is 20.8. The summed E-state index contributed by atoms with van der Waals surface area (Å²) in [6.07, 6.45) is 6.38. The molecule has 23 heavy (non-hydrogen) atoms. The third kappa shape index (κ3) is 5.15. The Hall–Kier alpha value is -1.20. The predicted molar refractivity (Wildman–Crippen MR) is 93.1 cm³/mol. The fraction of sp³-hybridized carbons (Fsp3) is 0.529. The molecule has 0 unspecified atom stereocenters. The molecule has 1 aliphatic rings. The molecule has 2 atom stereocenters. The van der Waals surface area contributed by atoms with Gasteiger partial charge in [-0.1, -0.05) is 31.4 Å². The zero-order valence-electron chi connectivity index (χ0n) is 13.4. The van der Waals surface area contributed by atoms with Crippen molar-refractivity contribution in [3.8, 4) is 0 Å². The van der Waals surface area contributed by atoms with Crippen LogP contribution in [0.5, 0.6) is 0 Å². The molecule has 1 aliphatic carbocycles. The molecule has 0 bridgehead atoms. The minimum Gasteiger partial charge on any atom is -0.452 e. The molecule has 0 radical (unpaired) electrons. The van der Waals surface area contributed by atoms with Gasteiger partial charge in [-0.15, -0.1) is 11.8 Å². The van der Waals surface area contributed by atoms with Crippen LogP contribution in [0.3, 0.4) is 0 Å². The molecule has 0 aromatic heterocycles. The first-order chi connectivity index (χ1) is 11.0. The van der Waals surface area contributed by atoms with E-state index in [4.69, 9.17) is 16.3 Å². The number of hydrogen-bond acceptors (Lipinski definition) is 4. The highest BCUT2D eigenvalue weighted by Crippen LogP contribution is 2.24. The SMILES string of the molecule is CSc1ccc(Cl)c(C(=O)OCC(=O)N[C@@H]2CCCC[C@H]2C)c1. The maximum absolute atomic E-state index is 12.1. The largest absolute Gasteiger partial charge is 0.452 e.